The molecule has 2 aromatic carbocycles. The van der Waals surface area contributed by atoms with E-state index >= 15 is 0 Å². The number of carbonyl (C=O) groups is 1. The van der Waals surface area contributed by atoms with Crippen molar-refractivity contribution in [2.24, 2.45) is 5.92 Å². The zero-order valence-corrected chi connectivity index (χ0v) is 19.0. The lowest BCUT2D eigenvalue weighted by molar-refractivity contribution is -0.136. The lowest BCUT2D eigenvalue weighted by Crippen LogP contribution is -2.52. The van der Waals surface area contributed by atoms with Gasteiger partial charge in [-0.15, -0.1) is 0 Å². The van der Waals surface area contributed by atoms with Crippen LogP contribution in [0.1, 0.15) is 12.8 Å². The normalized spacial score (nSPS) is 19.4. The molecule has 168 valence electrons. The molecule has 6 nitrogen and oxygen atoms in total. The van der Waals surface area contributed by atoms with Gasteiger partial charge in [0.25, 0.3) is 0 Å². The number of hydrogen-bond acceptors (Lipinski definition) is 6. The van der Waals surface area contributed by atoms with E-state index in [0.29, 0.717) is 6.54 Å². The number of anilines is 2. The van der Waals surface area contributed by atoms with Gasteiger partial charge in [-0.3, -0.25) is 4.79 Å². The van der Waals surface area contributed by atoms with Crippen LogP contribution in [-0.2, 0) is 4.79 Å². The van der Waals surface area contributed by atoms with Gasteiger partial charge in [0.2, 0.25) is 5.91 Å². The Bertz CT molecular complexity index is 1110. The molecule has 0 saturated carbocycles. The topological polar surface area (TPSA) is 48.9 Å². The van der Waals surface area contributed by atoms with Crippen molar-refractivity contribution in [2.45, 2.75) is 12.8 Å². The summed E-state index contributed by atoms with van der Waals surface area (Å²) < 4.78 is 19.7. The van der Waals surface area contributed by atoms with E-state index in [0.717, 1.165) is 72.4 Å². The largest absolute Gasteiger partial charge is 0.497 e. The molecule has 5 rings (SSSR count). The minimum atomic E-state index is -0.243. The van der Waals surface area contributed by atoms with Gasteiger partial charge >= 0.3 is 0 Å². The third-order valence-corrected chi connectivity index (χ3v) is 7.47. The SMILES string of the molecule is COc1cccc(N2CCN(C(=O)C3CCCN(c4nc5ccc(F)cc5s4)C3)CC2)c1. The Labute approximate surface area is 191 Å². The molecule has 2 saturated heterocycles. The van der Waals surface area contributed by atoms with E-state index in [-0.39, 0.29) is 17.6 Å². The number of halogens is 1. The lowest BCUT2D eigenvalue weighted by Gasteiger charge is -2.39. The average molecular weight is 455 g/mol. The van der Waals surface area contributed by atoms with Gasteiger partial charge in [-0.25, -0.2) is 9.37 Å². The zero-order valence-electron chi connectivity index (χ0n) is 18.2. The number of methoxy groups -OCH3 is 1. The molecule has 1 amide bonds. The summed E-state index contributed by atoms with van der Waals surface area (Å²) in [6, 6.07) is 12.8. The number of piperidine rings is 1. The van der Waals surface area contributed by atoms with Crippen molar-refractivity contribution < 1.29 is 13.9 Å². The molecule has 1 atom stereocenters. The first-order valence-electron chi connectivity index (χ1n) is 11.1. The highest BCUT2D eigenvalue weighted by Gasteiger charge is 2.32. The molecule has 32 heavy (non-hydrogen) atoms. The number of hydrogen-bond donors (Lipinski definition) is 0. The van der Waals surface area contributed by atoms with Crippen LogP contribution >= 0.6 is 11.3 Å². The summed E-state index contributed by atoms with van der Waals surface area (Å²) in [5.41, 5.74) is 1.95. The fourth-order valence-corrected chi connectivity index (χ4v) is 5.65. The van der Waals surface area contributed by atoms with E-state index in [1.165, 1.54) is 23.5 Å². The predicted molar refractivity (Wildman–Crippen MR) is 126 cm³/mol. The van der Waals surface area contributed by atoms with Gasteiger partial charge in [-0.1, -0.05) is 17.4 Å². The molecule has 2 aliphatic heterocycles. The highest BCUT2D eigenvalue weighted by Crippen LogP contribution is 2.32. The molecule has 1 unspecified atom stereocenters. The Morgan fingerprint density at radius 1 is 1.09 bits per heavy atom. The molecule has 0 bridgehead atoms. The minimum Gasteiger partial charge on any atom is -0.497 e. The number of piperazine rings is 1. The van der Waals surface area contributed by atoms with E-state index in [4.69, 9.17) is 4.74 Å². The minimum absolute atomic E-state index is 0.0177. The maximum Gasteiger partial charge on any atom is 0.227 e. The van der Waals surface area contributed by atoms with Crippen LogP contribution < -0.4 is 14.5 Å². The van der Waals surface area contributed by atoms with Crippen LogP contribution in [0.5, 0.6) is 5.75 Å². The summed E-state index contributed by atoms with van der Waals surface area (Å²) in [6.45, 7) is 4.66. The number of amides is 1. The molecular formula is C24H27FN4O2S. The Hall–Kier alpha value is -2.87. The van der Waals surface area contributed by atoms with E-state index < -0.39 is 0 Å². The van der Waals surface area contributed by atoms with Crippen molar-refractivity contribution in [1.29, 1.82) is 0 Å². The Morgan fingerprint density at radius 2 is 1.94 bits per heavy atom. The molecule has 0 aliphatic carbocycles. The van der Waals surface area contributed by atoms with Gasteiger partial charge in [0.1, 0.15) is 11.6 Å². The summed E-state index contributed by atoms with van der Waals surface area (Å²) in [4.78, 5) is 24.5. The van der Waals surface area contributed by atoms with Crippen molar-refractivity contribution in [2.75, 3.05) is 56.2 Å². The van der Waals surface area contributed by atoms with Crippen LogP contribution in [0.2, 0.25) is 0 Å². The molecule has 0 N–H and O–H groups in total. The van der Waals surface area contributed by atoms with Crippen LogP contribution in [0.15, 0.2) is 42.5 Å². The second-order valence-electron chi connectivity index (χ2n) is 8.41. The standard InChI is InChI=1S/C24H27FN4O2S/c1-31-20-6-2-5-19(15-20)27-10-12-28(13-11-27)23(30)17-4-3-9-29(16-17)24-26-21-8-7-18(25)14-22(21)32-24/h2,5-8,14-15,17H,3-4,9-13,16H2,1H3. The Balaban J connectivity index is 1.21. The second-order valence-corrected chi connectivity index (χ2v) is 9.42. The first-order chi connectivity index (χ1) is 15.6. The molecule has 3 aromatic rings. The fourth-order valence-electron chi connectivity index (χ4n) is 4.62. The number of rotatable bonds is 4. The Kier molecular flexibility index (Phi) is 5.87. The summed E-state index contributed by atoms with van der Waals surface area (Å²) >= 11 is 1.50. The monoisotopic (exact) mass is 454 g/mol. The van der Waals surface area contributed by atoms with Gasteiger partial charge in [0, 0.05) is 51.0 Å². The molecule has 2 fully saturated rings. The third kappa shape index (κ3) is 4.24. The summed E-state index contributed by atoms with van der Waals surface area (Å²) in [5, 5.41) is 0.881. The van der Waals surface area contributed by atoms with Crippen LogP contribution in [-0.4, -0.2) is 62.2 Å². The molecule has 3 heterocycles. The van der Waals surface area contributed by atoms with Crippen molar-refractivity contribution in [3.63, 3.8) is 0 Å². The number of carbonyl (C=O) groups excluding carboxylic acids is 1. The van der Waals surface area contributed by atoms with Crippen LogP contribution in [0.3, 0.4) is 0 Å². The maximum atomic E-state index is 13.5. The highest BCUT2D eigenvalue weighted by molar-refractivity contribution is 7.22. The predicted octanol–water partition coefficient (Wildman–Crippen LogP) is 4.01. The van der Waals surface area contributed by atoms with Gasteiger partial charge < -0.3 is 19.4 Å². The Morgan fingerprint density at radius 3 is 2.75 bits per heavy atom. The summed E-state index contributed by atoms with van der Waals surface area (Å²) in [7, 11) is 1.68. The quantitative estimate of drug-likeness (QED) is 0.596. The van der Waals surface area contributed by atoms with Gasteiger partial charge in [-0.2, -0.15) is 0 Å². The van der Waals surface area contributed by atoms with Gasteiger partial charge in [0.05, 0.1) is 23.2 Å². The number of ether oxygens (including phenoxy) is 1. The van der Waals surface area contributed by atoms with Gasteiger partial charge in [0.15, 0.2) is 5.13 Å². The number of nitrogens with zero attached hydrogens (tertiary/aromatic N) is 4. The molecule has 0 spiro atoms. The summed E-state index contributed by atoms with van der Waals surface area (Å²) in [5.74, 6) is 0.830. The fraction of sp³-hybridized carbons (Fsp3) is 0.417. The van der Waals surface area contributed by atoms with E-state index in [1.54, 1.807) is 13.2 Å². The van der Waals surface area contributed by atoms with Crippen LogP contribution in [0, 0.1) is 11.7 Å². The van der Waals surface area contributed by atoms with Crippen molar-refractivity contribution in [3.8, 4) is 5.75 Å². The number of benzene rings is 2. The molecule has 2 aliphatic rings. The average Bonchev–Trinajstić information content (AvgIpc) is 3.27. The maximum absolute atomic E-state index is 13.5. The van der Waals surface area contributed by atoms with Crippen LogP contribution in [0.4, 0.5) is 15.2 Å². The smallest absolute Gasteiger partial charge is 0.227 e. The lowest BCUT2D eigenvalue weighted by atomic mass is 9.96. The first-order valence-corrected chi connectivity index (χ1v) is 11.9. The highest BCUT2D eigenvalue weighted by atomic mass is 32.1. The van der Waals surface area contributed by atoms with E-state index in [9.17, 15) is 9.18 Å². The second kappa shape index (κ2) is 8.94. The van der Waals surface area contributed by atoms with E-state index in [1.807, 2.05) is 23.1 Å². The first kappa shape index (κ1) is 21.0. The third-order valence-electron chi connectivity index (χ3n) is 6.39. The number of aromatic nitrogens is 1. The number of fused-ring (bicyclic) bond motifs is 1. The van der Waals surface area contributed by atoms with Gasteiger partial charge in [-0.05, 0) is 43.2 Å². The van der Waals surface area contributed by atoms with Crippen molar-refractivity contribution >= 4 is 38.3 Å². The van der Waals surface area contributed by atoms with Crippen molar-refractivity contribution in [1.82, 2.24) is 9.88 Å². The van der Waals surface area contributed by atoms with Crippen LogP contribution in [0.25, 0.3) is 10.2 Å². The zero-order chi connectivity index (χ0) is 22.1. The molecule has 1 aromatic heterocycles. The molecule has 0 radical (unpaired) electrons. The molecule has 8 heteroatoms. The molecular weight excluding hydrogens is 427 g/mol. The van der Waals surface area contributed by atoms with E-state index in [2.05, 4.69) is 20.9 Å². The summed E-state index contributed by atoms with van der Waals surface area (Å²) in [6.07, 6.45) is 1.87. The number of thiazole rings is 1. The van der Waals surface area contributed by atoms with Crippen molar-refractivity contribution in [3.05, 3.63) is 48.3 Å².